The monoisotopic (exact) mass is 313 g/mol. The first-order valence-corrected chi connectivity index (χ1v) is 8.00. The van der Waals surface area contributed by atoms with E-state index in [1.165, 1.54) is 11.0 Å². The number of thioether (sulfide) groups is 1. The fraction of sp³-hybridized carbons (Fsp3) is 0.118. The maximum Gasteiger partial charge on any atom is 0.231 e. The molecule has 0 saturated carbocycles. The molecule has 22 heavy (non-hydrogen) atoms. The van der Waals surface area contributed by atoms with Gasteiger partial charge in [0.05, 0.1) is 0 Å². The summed E-state index contributed by atoms with van der Waals surface area (Å²) < 4.78 is 10.5. The number of hydrogen-bond donors (Lipinski definition) is 1. The van der Waals surface area contributed by atoms with Crippen LogP contribution in [0.1, 0.15) is 10.4 Å². The van der Waals surface area contributed by atoms with Crippen LogP contribution >= 0.6 is 11.8 Å². The summed E-state index contributed by atoms with van der Waals surface area (Å²) in [5, 5.41) is 3.10. The number of nitrogens with one attached hydrogen (secondary N) is 1. The van der Waals surface area contributed by atoms with E-state index in [9.17, 15) is 4.79 Å². The minimum atomic E-state index is -0.0909. The number of allylic oxidation sites excluding steroid dienone is 1. The molecule has 1 aliphatic rings. The lowest BCUT2D eigenvalue weighted by Gasteiger charge is -2.03. The average Bonchev–Trinajstić information content (AvgIpc) is 3.02. The normalized spacial score (nSPS) is 12.6. The zero-order chi connectivity index (χ0) is 15.4. The van der Waals surface area contributed by atoms with Crippen LogP contribution in [-0.4, -0.2) is 18.8 Å². The predicted molar refractivity (Wildman–Crippen MR) is 87.9 cm³/mol. The zero-order valence-corrected chi connectivity index (χ0v) is 12.9. The summed E-state index contributed by atoms with van der Waals surface area (Å²) in [6.07, 6.45) is 5.17. The molecule has 1 aliphatic heterocycles. The van der Waals surface area contributed by atoms with E-state index in [2.05, 4.69) is 5.32 Å². The molecule has 0 amide bonds. The van der Waals surface area contributed by atoms with Crippen LogP contribution in [0.3, 0.4) is 0 Å². The topological polar surface area (TPSA) is 47.6 Å². The van der Waals surface area contributed by atoms with E-state index in [4.69, 9.17) is 9.47 Å². The molecule has 2 aromatic carbocycles. The Morgan fingerprint density at radius 2 is 2.05 bits per heavy atom. The van der Waals surface area contributed by atoms with Crippen LogP contribution in [0.5, 0.6) is 11.5 Å². The van der Waals surface area contributed by atoms with Crippen molar-refractivity contribution in [2.45, 2.75) is 4.90 Å². The molecule has 4 nitrogen and oxygen atoms in total. The Morgan fingerprint density at radius 3 is 2.91 bits per heavy atom. The molecule has 0 saturated heterocycles. The lowest BCUT2D eigenvalue weighted by atomic mass is 10.1. The van der Waals surface area contributed by atoms with Gasteiger partial charge < -0.3 is 14.8 Å². The molecule has 112 valence electrons. The maximum absolute atomic E-state index is 12.1. The molecule has 1 heterocycles. The lowest BCUT2D eigenvalue weighted by Crippen LogP contribution is -1.96. The molecule has 0 spiro atoms. The van der Waals surface area contributed by atoms with E-state index in [-0.39, 0.29) is 12.6 Å². The summed E-state index contributed by atoms with van der Waals surface area (Å²) in [6.45, 7) is 0.205. The second-order valence-electron chi connectivity index (χ2n) is 4.64. The molecule has 0 bridgehead atoms. The lowest BCUT2D eigenvalue weighted by molar-refractivity contribution is 0.104. The highest BCUT2D eigenvalue weighted by Gasteiger charge is 2.14. The van der Waals surface area contributed by atoms with Gasteiger partial charge in [0, 0.05) is 28.4 Å². The Hall–Kier alpha value is -2.40. The first-order chi connectivity index (χ1) is 10.8. The number of benzene rings is 2. The smallest absolute Gasteiger partial charge is 0.231 e. The fourth-order valence-electron chi connectivity index (χ4n) is 2.07. The van der Waals surface area contributed by atoms with Gasteiger partial charge in [-0.15, -0.1) is 11.8 Å². The molecule has 5 heteroatoms. The van der Waals surface area contributed by atoms with Crippen LogP contribution in [0.2, 0.25) is 0 Å². The highest BCUT2D eigenvalue weighted by atomic mass is 32.2. The number of carbonyl (C=O) groups excluding carboxylic acids is 1. The maximum atomic E-state index is 12.1. The van der Waals surface area contributed by atoms with Crippen LogP contribution in [0, 0.1) is 0 Å². The Morgan fingerprint density at radius 1 is 1.18 bits per heavy atom. The summed E-state index contributed by atoms with van der Waals surface area (Å²) >= 11 is 1.67. The van der Waals surface area contributed by atoms with Gasteiger partial charge in [-0.25, -0.2) is 0 Å². The Balaban J connectivity index is 1.66. The molecule has 0 unspecified atom stereocenters. The zero-order valence-electron chi connectivity index (χ0n) is 12.0. The summed E-state index contributed by atoms with van der Waals surface area (Å²) in [4.78, 5) is 13.3. The van der Waals surface area contributed by atoms with Crippen molar-refractivity contribution in [3.63, 3.8) is 0 Å². The Kier molecular flexibility index (Phi) is 4.34. The van der Waals surface area contributed by atoms with Crippen LogP contribution in [-0.2, 0) is 0 Å². The molecule has 0 aromatic heterocycles. The highest BCUT2D eigenvalue weighted by molar-refractivity contribution is 7.98. The third-order valence-corrected chi connectivity index (χ3v) is 3.94. The van der Waals surface area contributed by atoms with Gasteiger partial charge in [0.1, 0.15) is 0 Å². The minimum Gasteiger partial charge on any atom is -0.454 e. The Labute approximate surface area is 133 Å². The number of ether oxygens (including phenoxy) is 2. The number of ketones is 1. The SMILES string of the molecule is CSc1cccc(NC=CC(=O)c2ccc3c(c2)OCO3)c1. The second-order valence-corrected chi connectivity index (χ2v) is 5.52. The fourth-order valence-corrected chi connectivity index (χ4v) is 2.53. The number of rotatable bonds is 5. The summed E-state index contributed by atoms with van der Waals surface area (Å²) in [5.74, 6) is 1.19. The van der Waals surface area contributed by atoms with E-state index in [1.54, 1.807) is 36.2 Å². The molecule has 1 N–H and O–H groups in total. The van der Waals surface area contributed by atoms with E-state index in [1.807, 2.05) is 30.5 Å². The van der Waals surface area contributed by atoms with Gasteiger partial charge in [-0.2, -0.15) is 0 Å². The van der Waals surface area contributed by atoms with E-state index < -0.39 is 0 Å². The molecule has 0 aliphatic carbocycles. The first-order valence-electron chi connectivity index (χ1n) is 6.77. The summed E-state index contributed by atoms with van der Waals surface area (Å²) in [6, 6.07) is 13.2. The summed E-state index contributed by atoms with van der Waals surface area (Å²) in [7, 11) is 0. The van der Waals surface area contributed by atoms with Gasteiger partial charge in [0.25, 0.3) is 0 Å². The minimum absolute atomic E-state index is 0.0909. The molecule has 3 rings (SSSR count). The molecular formula is C17H15NO3S. The third kappa shape index (κ3) is 3.26. The van der Waals surface area contributed by atoms with Crippen molar-refractivity contribution in [2.75, 3.05) is 18.4 Å². The van der Waals surface area contributed by atoms with Crippen LogP contribution in [0.25, 0.3) is 0 Å². The standard InChI is InChI=1S/C17H15NO3S/c1-22-14-4-2-3-13(10-14)18-8-7-15(19)12-5-6-16-17(9-12)21-11-20-16/h2-10,18H,11H2,1H3. The Bertz CT molecular complexity index is 728. The van der Waals surface area contributed by atoms with Crippen molar-refractivity contribution >= 4 is 23.2 Å². The number of carbonyl (C=O) groups is 1. The highest BCUT2D eigenvalue weighted by Crippen LogP contribution is 2.32. The van der Waals surface area contributed by atoms with Crippen LogP contribution in [0.15, 0.2) is 59.6 Å². The number of anilines is 1. The van der Waals surface area contributed by atoms with E-state index in [0.717, 1.165) is 5.69 Å². The van der Waals surface area contributed by atoms with Gasteiger partial charge in [-0.1, -0.05) is 6.07 Å². The number of fused-ring (bicyclic) bond motifs is 1. The van der Waals surface area contributed by atoms with Crippen molar-refractivity contribution in [1.82, 2.24) is 0 Å². The first kappa shape index (κ1) is 14.5. The van der Waals surface area contributed by atoms with Crippen LogP contribution < -0.4 is 14.8 Å². The van der Waals surface area contributed by atoms with Crippen molar-refractivity contribution in [3.8, 4) is 11.5 Å². The molecule has 2 aromatic rings. The van der Waals surface area contributed by atoms with E-state index in [0.29, 0.717) is 17.1 Å². The van der Waals surface area contributed by atoms with Gasteiger partial charge in [-0.05, 0) is 42.7 Å². The largest absolute Gasteiger partial charge is 0.454 e. The second kappa shape index (κ2) is 6.58. The quantitative estimate of drug-likeness (QED) is 0.514. The number of hydrogen-bond acceptors (Lipinski definition) is 5. The van der Waals surface area contributed by atoms with Gasteiger partial charge >= 0.3 is 0 Å². The van der Waals surface area contributed by atoms with E-state index >= 15 is 0 Å². The van der Waals surface area contributed by atoms with Crippen LogP contribution in [0.4, 0.5) is 5.69 Å². The van der Waals surface area contributed by atoms with Gasteiger partial charge in [0.15, 0.2) is 17.3 Å². The molecule has 0 fully saturated rings. The summed E-state index contributed by atoms with van der Waals surface area (Å²) in [5.41, 5.74) is 1.52. The molecule has 0 atom stereocenters. The van der Waals surface area contributed by atoms with Gasteiger partial charge in [-0.3, -0.25) is 4.79 Å². The van der Waals surface area contributed by atoms with Crippen molar-refractivity contribution in [2.24, 2.45) is 0 Å². The molecular weight excluding hydrogens is 298 g/mol. The third-order valence-electron chi connectivity index (χ3n) is 3.21. The molecule has 0 radical (unpaired) electrons. The van der Waals surface area contributed by atoms with Crippen molar-refractivity contribution in [3.05, 3.63) is 60.3 Å². The average molecular weight is 313 g/mol. The predicted octanol–water partition coefficient (Wildman–Crippen LogP) is 3.95. The van der Waals surface area contributed by atoms with Crippen molar-refractivity contribution < 1.29 is 14.3 Å². The van der Waals surface area contributed by atoms with Crippen molar-refractivity contribution in [1.29, 1.82) is 0 Å². The van der Waals surface area contributed by atoms with Gasteiger partial charge in [0.2, 0.25) is 6.79 Å².